The predicted molar refractivity (Wildman–Crippen MR) is 88.4 cm³/mol. The molecule has 2 heterocycles. The first-order valence-corrected chi connectivity index (χ1v) is 8.68. The van der Waals surface area contributed by atoms with Crippen LogP contribution in [-0.2, 0) is 16.6 Å². The first-order valence-electron chi connectivity index (χ1n) is 8.68. The van der Waals surface area contributed by atoms with E-state index in [1.54, 1.807) is 7.11 Å². The van der Waals surface area contributed by atoms with Gasteiger partial charge in [-0.2, -0.15) is 0 Å². The number of nitrogens with zero attached hydrogens (tertiary/aromatic N) is 1. The number of piperidine rings is 1. The average molecular weight is 329 g/mol. The summed E-state index contributed by atoms with van der Waals surface area (Å²) in [5.41, 5.74) is 2.49. The molecule has 2 bridgehead atoms. The summed E-state index contributed by atoms with van der Waals surface area (Å²) in [4.78, 5) is 2.46. The molecule has 0 amide bonds. The normalized spacial score (nSPS) is 38.6. The molecule has 0 aromatic heterocycles. The number of ether oxygens (including phenoxy) is 3. The zero-order valence-electron chi connectivity index (χ0n) is 14.1. The summed E-state index contributed by atoms with van der Waals surface area (Å²) < 4.78 is 17.2. The Morgan fingerprint density at radius 1 is 1.38 bits per heavy atom. The lowest BCUT2D eigenvalue weighted by Crippen LogP contribution is -2.64. The highest BCUT2D eigenvalue weighted by molar-refractivity contribution is 5.62. The van der Waals surface area contributed by atoms with E-state index in [1.165, 1.54) is 11.1 Å². The molecule has 5 rings (SSSR count). The number of hydrogen-bond acceptors (Lipinski definition) is 5. The lowest BCUT2D eigenvalue weighted by Gasteiger charge is -2.56. The van der Waals surface area contributed by atoms with Gasteiger partial charge in [0.05, 0.1) is 0 Å². The van der Waals surface area contributed by atoms with Crippen molar-refractivity contribution in [3.63, 3.8) is 0 Å². The van der Waals surface area contributed by atoms with Crippen molar-refractivity contribution in [3.05, 3.63) is 35.4 Å². The first-order chi connectivity index (χ1) is 11.7. The maximum Gasteiger partial charge on any atom is 0.188 e. The molecule has 5 atom stereocenters. The first kappa shape index (κ1) is 14.8. The molecular formula is C19H23NO4. The van der Waals surface area contributed by atoms with E-state index in [-0.39, 0.29) is 18.3 Å². The van der Waals surface area contributed by atoms with Crippen LogP contribution in [0, 0.1) is 5.92 Å². The van der Waals surface area contributed by atoms with Crippen LogP contribution in [0.4, 0.5) is 0 Å². The number of methoxy groups -OCH3 is 1. The van der Waals surface area contributed by atoms with Crippen molar-refractivity contribution >= 4 is 0 Å². The fraction of sp³-hybridized carbons (Fsp3) is 0.579. The van der Waals surface area contributed by atoms with E-state index < -0.39 is 6.10 Å². The van der Waals surface area contributed by atoms with Gasteiger partial charge < -0.3 is 24.2 Å². The zero-order chi connectivity index (χ0) is 16.5. The van der Waals surface area contributed by atoms with Gasteiger partial charge in [-0.15, -0.1) is 0 Å². The molecule has 5 heteroatoms. The van der Waals surface area contributed by atoms with Crippen molar-refractivity contribution in [1.82, 2.24) is 4.90 Å². The van der Waals surface area contributed by atoms with Crippen molar-refractivity contribution in [3.8, 4) is 11.5 Å². The van der Waals surface area contributed by atoms with Crippen LogP contribution in [0.25, 0.3) is 0 Å². The van der Waals surface area contributed by atoms with E-state index in [0.29, 0.717) is 12.0 Å². The Bertz CT molecular complexity index is 718. The number of aliphatic hydroxyl groups excluding tert-OH is 1. The number of likely N-dealkylation sites (tertiary alicyclic amines) is 1. The summed E-state index contributed by atoms with van der Waals surface area (Å²) in [5.74, 6) is 1.93. The van der Waals surface area contributed by atoms with Crippen LogP contribution >= 0.6 is 0 Å². The zero-order valence-corrected chi connectivity index (χ0v) is 14.1. The van der Waals surface area contributed by atoms with Gasteiger partial charge in [0.1, 0.15) is 12.2 Å². The van der Waals surface area contributed by atoms with E-state index in [0.717, 1.165) is 30.9 Å². The van der Waals surface area contributed by atoms with Crippen LogP contribution in [0.15, 0.2) is 24.3 Å². The third kappa shape index (κ3) is 1.65. The van der Waals surface area contributed by atoms with Gasteiger partial charge in [-0.1, -0.05) is 18.2 Å². The Balaban J connectivity index is 1.72. The SMILES string of the molecule is COCOc1ccc2c3c1O[C@H]1[C@@H](O)C=C[C@H]4[C@@H](C2)N(C)CC[C@@]341. The Morgan fingerprint density at radius 3 is 3.08 bits per heavy atom. The van der Waals surface area contributed by atoms with Crippen molar-refractivity contribution in [2.24, 2.45) is 5.92 Å². The highest BCUT2D eigenvalue weighted by Crippen LogP contribution is 2.62. The molecule has 1 N–H and O–H groups in total. The molecule has 1 aromatic carbocycles. The minimum atomic E-state index is -0.570. The summed E-state index contributed by atoms with van der Waals surface area (Å²) >= 11 is 0. The van der Waals surface area contributed by atoms with Crippen LogP contribution in [0.3, 0.4) is 0 Å². The molecule has 1 spiro atoms. The Kier molecular flexibility index (Phi) is 3.06. The van der Waals surface area contributed by atoms with Crippen molar-refractivity contribution < 1.29 is 19.3 Å². The fourth-order valence-corrected chi connectivity index (χ4v) is 5.46. The van der Waals surface area contributed by atoms with Gasteiger partial charge in [-0.3, -0.25) is 0 Å². The van der Waals surface area contributed by atoms with Crippen molar-refractivity contribution in [1.29, 1.82) is 0 Å². The van der Waals surface area contributed by atoms with Gasteiger partial charge in [0.25, 0.3) is 0 Å². The Hall–Kier alpha value is -1.56. The van der Waals surface area contributed by atoms with Gasteiger partial charge in [-0.05, 0) is 38.1 Å². The second-order valence-electron chi connectivity index (χ2n) is 7.46. The van der Waals surface area contributed by atoms with Crippen LogP contribution < -0.4 is 9.47 Å². The summed E-state index contributed by atoms with van der Waals surface area (Å²) in [7, 11) is 3.82. The maximum atomic E-state index is 10.6. The summed E-state index contributed by atoms with van der Waals surface area (Å²) in [6, 6.07) is 4.62. The van der Waals surface area contributed by atoms with Gasteiger partial charge >= 0.3 is 0 Å². The molecule has 0 unspecified atom stereocenters. The van der Waals surface area contributed by atoms with Crippen LogP contribution in [0.2, 0.25) is 0 Å². The maximum absolute atomic E-state index is 10.6. The summed E-state index contributed by atoms with van der Waals surface area (Å²) in [5, 5.41) is 10.6. The fourth-order valence-electron chi connectivity index (χ4n) is 5.46. The molecule has 1 saturated heterocycles. The van der Waals surface area contributed by atoms with Gasteiger partial charge in [0.15, 0.2) is 18.3 Å². The van der Waals surface area contributed by atoms with E-state index in [9.17, 15) is 5.11 Å². The molecular weight excluding hydrogens is 306 g/mol. The van der Waals surface area contributed by atoms with E-state index in [2.05, 4.69) is 24.1 Å². The standard InChI is InChI=1S/C19H23NO4/c1-20-8-7-19-12-4-5-14(21)18(19)24-17-15(23-10-22-2)6-3-11(16(17)19)9-13(12)20/h3-6,12-14,18,21H,7-10H2,1-2H3/t12-,13+,14-,18-,19-/m0/s1. The number of likely N-dealkylation sites (N-methyl/N-ethyl adjacent to an activating group) is 1. The van der Waals surface area contributed by atoms with Crippen molar-refractivity contribution in [2.75, 3.05) is 27.5 Å². The molecule has 2 aliphatic carbocycles. The van der Waals surface area contributed by atoms with Crippen molar-refractivity contribution in [2.45, 2.75) is 36.5 Å². The second-order valence-corrected chi connectivity index (χ2v) is 7.46. The van der Waals surface area contributed by atoms with Gasteiger partial charge in [0, 0.05) is 30.0 Å². The molecule has 24 heavy (non-hydrogen) atoms. The third-order valence-corrected chi connectivity index (χ3v) is 6.47. The Morgan fingerprint density at radius 2 is 2.25 bits per heavy atom. The molecule has 1 aromatic rings. The lowest BCUT2D eigenvalue weighted by molar-refractivity contribution is -0.0458. The van der Waals surface area contributed by atoms with Gasteiger partial charge in [0.2, 0.25) is 0 Å². The molecule has 1 fully saturated rings. The monoisotopic (exact) mass is 329 g/mol. The molecule has 2 aliphatic heterocycles. The topological polar surface area (TPSA) is 51.2 Å². The Labute approximate surface area is 141 Å². The molecule has 128 valence electrons. The highest BCUT2D eigenvalue weighted by Gasteiger charge is 2.64. The summed E-state index contributed by atoms with van der Waals surface area (Å²) in [6.07, 6.45) is 5.39. The van der Waals surface area contributed by atoms with Crippen LogP contribution in [0.5, 0.6) is 11.5 Å². The lowest BCUT2D eigenvalue weighted by atomic mass is 9.53. The largest absolute Gasteiger partial charge is 0.482 e. The average Bonchev–Trinajstić information content (AvgIpc) is 2.94. The molecule has 0 saturated carbocycles. The number of rotatable bonds is 3. The minimum Gasteiger partial charge on any atom is -0.482 e. The molecule has 4 aliphatic rings. The van der Waals surface area contributed by atoms with E-state index >= 15 is 0 Å². The number of benzene rings is 1. The highest BCUT2D eigenvalue weighted by atomic mass is 16.7. The van der Waals surface area contributed by atoms with Crippen LogP contribution in [-0.4, -0.2) is 55.8 Å². The smallest absolute Gasteiger partial charge is 0.188 e. The van der Waals surface area contributed by atoms with E-state index in [4.69, 9.17) is 14.2 Å². The summed E-state index contributed by atoms with van der Waals surface area (Å²) in [6.45, 7) is 1.23. The quantitative estimate of drug-likeness (QED) is 0.672. The third-order valence-electron chi connectivity index (χ3n) is 6.47. The second kappa shape index (κ2) is 4.97. The predicted octanol–water partition coefficient (Wildman–Crippen LogP) is 1.48. The minimum absolute atomic E-state index is 0.124. The van der Waals surface area contributed by atoms with E-state index in [1.807, 2.05) is 12.1 Å². The number of hydrogen-bond donors (Lipinski definition) is 1. The number of aliphatic hydroxyl groups is 1. The van der Waals surface area contributed by atoms with Gasteiger partial charge in [-0.25, -0.2) is 0 Å². The van der Waals surface area contributed by atoms with Crippen LogP contribution in [0.1, 0.15) is 17.5 Å². The molecule has 0 radical (unpaired) electrons. The molecule has 5 nitrogen and oxygen atoms in total.